The van der Waals surface area contributed by atoms with Crippen LogP contribution < -0.4 is 5.43 Å². The molecule has 1 aliphatic rings. The number of esters is 1. The van der Waals surface area contributed by atoms with Crippen molar-refractivity contribution in [3.8, 4) is 0 Å². The van der Waals surface area contributed by atoms with Gasteiger partial charge < -0.3 is 13.9 Å². The Bertz CT molecular complexity index is 1660. The molecule has 6 rings (SSSR count). The summed E-state index contributed by atoms with van der Waals surface area (Å²) in [5.74, 6) is -1.35. The van der Waals surface area contributed by atoms with E-state index in [1.165, 1.54) is 12.3 Å². The summed E-state index contributed by atoms with van der Waals surface area (Å²) in [5.41, 5.74) is 2.43. The molecule has 32 heavy (non-hydrogen) atoms. The van der Waals surface area contributed by atoms with E-state index in [1.54, 1.807) is 6.92 Å². The van der Waals surface area contributed by atoms with Gasteiger partial charge in [-0.1, -0.05) is 18.2 Å². The number of pyridine rings is 1. The molecule has 1 aliphatic carbocycles. The molecule has 7 nitrogen and oxygen atoms in total. The molecule has 5 aromatic rings. The first-order valence-corrected chi connectivity index (χ1v) is 10.6. The number of aryl methyl sites for hydroxylation is 1. The van der Waals surface area contributed by atoms with Gasteiger partial charge in [0.05, 0.1) is 23.0 Å². The number of hydrogen-bond acceptors (Lipinski definition) is 5. The lowest BCUT2D eigenvalue weighted by Crippen LogP contribution is -2.21. The zero-order valence-corrected chi connectivity index (χ0v) is 17.6. The lowest BCUT2D eigenvalue weighted by Gasteiger charge is -2.14. The SMILES string of the molecule is CCOC(=O)c1cn(C2CC2)c2c(cc(F)c3nc4c5ccccc5n(C)c4nc32)c1=O. The molecule has 160 valence electrons. The lowest BCUT2D eigenvalue weighted by atomic mass is 10.1. The molecule has 3 aromatic heterocycles. The number of para-hydroxylation sites is 1. The van der Waals surface area contributed by atoms with Crippen LogP contribution in [0.4, 0.5) is 4.39 Å². The highest BCUT2D eigenvalue weighted by molar-refractivity contribution is 6.10. The Morgan fingerprint density at radius 2 is 1.94 bits per heavy atom. The summed E-state index contributed by atoms with van der Waals surface area (Å²) in [5, 5.41) is 0.996. The lowest BCUT2D eigenvalue weighted by molar-refractivity contribution is 0.0524. The molecule has 0 amide bonds. The van der Waals surface area contributed by atoms with Crippen molar-refractivity contribution in [2.45, 2.75) is 25.8 Å². The second kappa shape index (κ2) is 6.59. The summed E-state index contributed by atoms with van der Waals surface area (Å²) in [7, 11) is 1.89. The van der Waals surface area contributed by atoms with E-state index >= 15 is 4.39 Å². The first kappa shape index (κ1) is 18.9. The van der Waals surface area contributed by atoms with Gasteiger partial charge in [0.15, 0.2) is 11.5 Å². The second-order valence-corrected chi connectivity index (χ2v) is 8.15. The molecule has 3 heterocycles. The van der Waals surface area contributed by atoms with Gasteiger partial charge in [0, 0.05) is 24.7 Å². The normalized spacial score (nSPS) is 14.1. The Balaban J connectivity index is 1.79. The maximum absolute atomic E-state index is 15.3. The van der Waals surface area contributed by atoms with E-state index in [-0.39, 0.29) is 29.1 Å². The molecule has 0 N–H and O–H groups in total. The highest BCUT2D eigenvalue weighted by Gasteiger charge is 2.29. The van der Waals surface area contributed by atoms with E-state index in [2.05, 4.69) is 4.98 Å². The molecule has 0 saturated heterocycles. The topological polar surface area (TPSA) is 79.0 Å². The smallest absolute Gasteiger partial charge is 0.343 e. The minimum absolute atomic E-state index is 0.0938. The van der Waals surface area contributed by atoms with Crippen molar-refractivity contribution >= 4 is 50.0 Å². The summed E-state index contributed by atoms with van der Waals surface area (Å²) in [6.07, 6.45) is 3.34. The van der Waals surface area contributed by atoms with E-state index in [0.717, 1.165) is 23.7 Å². The van der Waals surface area contributed by atoms with Crippen LogP contribution in [0.5, 0.6) is 0 Å². The number of carbonyl (C=O) groups is 1. The van der Waals surface area contributed by atoms with Crippen LogP contribution in [-0.4, -0.2) is 31.7 Å². The Morgan fingerprint density at radius 3 is 2.69 bits per heavy atom. The molecule has 8 heteroatoms. The average molecular weight is 430 g/mol. The van der Waals surface area contributed by atoms with Crippen LogP contribution >= 0.6 is 0 Å². The Labute approximate surface area is 181 Å². The number of aromatic nitrogens is 4. The van der Waals surface area contributed by atoms with Crippen molar-refractivity contribution in [1.29, 1.82) is 0 Å². The molecular weight excluding hydrogens is 411 g/mol. The van der Waals surface area contributed by atoms with Gasteiger partial charge in [0.25, 0.3) is 0 Å². The molecule has 0 spiro atoms. The predicted molar refractivity (Wildman–Crippen MR) is 119 cm³/mol. The number of nitrogens with zero attached hydrogens (tertiary/aromatic N) is 4. The van der Waals surface area contributed by atoms with Gasteiger partial charge >= 0.3 is 5.97 Å². The molecular formula is C24H19FN4O3. The number of hydrogen-bond donors (Lipinski definition) is 0. The van der Waals surface area contributed by atoms with Gasteiger partial charge in [-0.15, -0.1) is 0 Å². The molecule has 2 aromatic carbocycles. The van der Waals surface area contributed by atoms with E-state index in [9.17, 15) is 9.59 Å². The fourth-order valence-corrected chi connectivity index (χ4v) is 4.48. The van der Waals surface area contributed by atoms with Crippen molar-refractivity contribution < 1.29 is 13.9 Å². The highest BCUT2D eigenvalue weighted by Crippen LogP contribution is 2.39. The number of benzene rings is 2. The standard InChI is InChI=1S/C24H19FN4O3/c1-3-32-24(31)15-11-29(12-8-9-12)21-14(22(15)30)10-16(25)19-20(21)27-23-18(26-19)13-6-4-5-7-17(13)28(23)2/h4-7,10-12H,3,8-9H2,1-2H3. The summed E-state index contributed by atoms with van der Waals surface area (Å²) in [6, 6.07) is 9.02. The van der Waals surface area contributed by atoms with Crippen molar-refractivity contribution in [3.63, 3.8) is 0 Å². The van der Waals surface area contributed by atoms with Crippen molar-refractivity contribution in [2.24, 2.45) is 7.05 Å². The molecule has 1 fully saturated rings. The number of carbonyl (C=O) groups excluding carboxylic acids is 1. The molecule has 0 unspecified atom stereocenters. The maximum atomic E-state index is 15.3. The van der Waals surface area contributed by atoms with Crippen LogP contribution in [0.2, 0.25) is 0 Å². The molecule has 0 aliphatic heterocycles. The van der Waals surface area contributed by atoms with Gasteiger partial charge in [-0.2, -0.15) is 0 Å². The third kappa shape index (κ3) is 2.52. The summed E-state index contributed by atoms with van der Waals surface area (Å²) >= 11 is 0. The quantitative estimate of drug-likeness (QED) is 0.316. The minimum Gasteiger partial charge on any atom is -0.462 e. The van der Waals surface area contributed by atoms with Crippen molar-refractivity contribution in [3.05, 3.63) is 58.1 Å². The summed E-state index contributed by atoms with van der Waals surface area (Å²) in [6.45, 7) is 1.83. The molecule has 0 bridgehead atoms. The monoisotopic (exact) mass is 430 g/mol. The number of halogens is 1. The Kier molecular flexibility index (Phi) is 3.90. The second-order valence-electron chi connectivity index (χ2n) is 8.15. The fourth-order valence-electron chi connectivity index (χ4n) is 4.48. The third-order valence-corrected chi connectivity index (χ3v) is 6.14. The van der Waals surface area contributed by atoms with Gasteiger partial charge in [-0.05, 0) is 31.9 Å². The predicted octanol–water partition coefficient (Wildman–Crippen LogP) is 4.24. The number of fused-ring (bicyclic) bond motifs is 6. The van der Waals surface area contributed by atoms with E-state index < -0.39 is 17.2 Å². The van der Waals surface area contributed by atoms with Crippen LogP contribution in [-0.2, 0) is 11.8 Å². The van der Waals surface area contributed by atoms with Gasteiger partial charge in [0.1, 0.15) is 22.1 Å². The van der Waals surface area contributed by atoms with Crippen LogP contribution in [0.1, 0.15) is 36.2 Å². The van der Waals surface area contributed by atoms with Crippen LogP contribution in [0, 0.1) is 5.82 Å². The zero-order valence-electron chi connectivity index (χ0n) is 17.6. The first-order valence-electron chi connectivity index (χ1n) is 10.6. The Hall–Kier alpha value is -3.81. The number of ether oxygens (including phenoxy) is 1. The minimum atomic E-state index is -0.704. The van der Waals surface area contributed by atoms with Crippen LogP contribution in [0.15, 0.2) is 41.3 Å². The zero-order chi connectivity index (χ0) is 22.1. The largest absolute Gasteiger partial charge is 0.462 e. The van der Waals surface area contributed by atoms with E-state index in [4.69, 9.17) is 9.72 Å². The Morgan fingerprint density at radius 1 is 1.16 bits per heavy atom. The first-order chi connectivity index (χ1) is 15.5. The highest BCUT2D eigenvalue weighted by atomic mass is 19.1. The fraction of sp³-hybridized carbons (Fsp3) is 0.250. The van der Waals surface area contributed by atoms with E-state index in [0.29, 0.717) is 22.2 Å². The number of rotatable bonds is 3. The van der Waals surface area contributed by atoms with Gasteiger partial charge in [-0.3, -0.25) is 4.79 Å². The van der Waals surface area contributed by atoms with Crippen molar-refractivity contribution in [1.82, 2.24) is 19.1 Å². The van der Waals surface area contributed by atoms with E-state index in [1.807, 2.05) is 40.4 Å². The molecule has 0 atom stereocenters. The summed E-state index contributed by atoms with van der Waals surface area (Å²) in [4.78, 5) is 35.0. The van der Waals surface area contributed by atoms with Gasteiger partial charge in [0.2, 0.25) is 5.43 Å². The van der Waals surface area contributed by atoms with Gasteiger partial charge in [-0.25, -0.2) is 19.2 Å². The third-order valence-electron chi connectivity index (χ3n) is 6.14. The average Bonchev–Trinajstić information content (AvgIpc) is 3.60. The molecule has 0 radical (unpaired) electrons. The van der Waals surface area contributed by atoms with Crippen molar-refractivity contribution in [2.75, 3.05) is 6.61 Å². The van der Waals surface area contributed by atoms with Crippen LogP contribution in [0.25, 0.3) is 44.0 Å². The van der Waals surface area contributed by atoms with Crippen LogP contribution in [0.3, 0.4) is 0 Å². The maximum Gasteiger partial charge on any atom is 0.343 e. The molecule has 1 saturated carbocycles. The summed E-state index contributed by atoms with van der Waals surface area (Å²) < 4.78 is 24.1.